The molecule has 1 N–H and O–H groups in total. The first-order chi connectivity index (χ1) is 9.09. The van der Waals surface area contributed by atoms with Crippen LogP contribution < -0.4 is 5.32 Å². The summed E-state index contributed by atoms with van der Waals surface area (Å²) in [6.45, 7) is 0. The van der Waals surface area contributed by atoms with E-state index in [1.807, 2.05) is 0 Å². The molecule has 0 amide bonds. The van der Waals surface area contributed by atoms with Crippen LogP contribution >= 0.6 is 0 Å². The van der Waals surface area contributed by atoms with Crippen LogP contribution in [0.4, 0.5) is 36.4 Å². The topological polar surface area (TPSA) is 12.0 Å². The smallest absolute Gasteiger partial charge is 0.352 e. The van der Waals surface area contributed by atoms with Crippen molar-refractivity contribution in [3.05, 3.63) is 42.1 Å². The van der Waals surface area contributed by atoms with Crippen molar-refractivity contribution in [2.45, 2.75) is 23.9 Å². The number of alkyl halides is 7. The van der Waals surface area contributed by atoms with Gasteiger partial charge in [0.2, 0.25) is 6.17 Å². The molecular weight excluding hydrogens is 291 g/mol. The molecule has 1 nitrogen and oxygen atoms in total. The monoisotopic (exact) mass is 299 g/mol. The third kappa shape index (κ3) is 2.12. The van der Waals surface area contributed by atoms with Crippen molar-refractivity contribution in [2.75, 3.05) is 5.32 Å². The molecule has 0 spiro atoms. The normalized spacial score (nSPS) is 26.8. The van der Waals surface area contributed by atoms with Crippen LogP contribution in [0.2, 0.25) is 0 Å². The van der Waals surface area contributed by atoms with Gasteiger partial charge in [-0.25, -0.2) is 4.39 Å². The highest BCUT2D eigenvalue weighted by atomic mass is 19.3. The number of rotatable bonds is 2. The summed E-state index contributed by atoms with van der Waals surface area (Å²) in [5.74, 6) is -15.3. The van der Waals surface area contributed by atoms with Gasteiger partial charge in [-0.15, -0.1) is 0 Å². The van der Waals surface area contributed by atoms with E-state index in [1.54, 1.807) is 5.32 Å². The van der Waals surface area contributed by atoms with Crippen LogP contribution in [-0.2, 0) is 0 Å². The predicted molar refractivity (Wildman–Crippen MR) is 57.9 cm³/mol. The number of halogens is 7. The van der Waals surface area contributed by atoms with Crippen molar-refractivity contribution in [3.63, 3.8) is 0 Å². The molecule has 1 atom stereocenters. The highest BCUT2D eigenvalue weighted by molar-refractivity contribution is 5.51. The molecule has 0 aliphatic heterocycles. The second kappa shape index (κ2) is 4.39. The molecule has 0 radical (unpaired) electrons. The minimum Gasteiger partial charge on any atom is -0.354 e. The molecule has 0 heterocycles. The van der Waals surface area contributed by atoms with Gasteiger partial charge in [0.1, 0.15) is 0 Å². The van der Waals surface area contributed by atoms with E-state index < -0.39 is 35.7 Å². The van der Waals surface area contributed by atoms with E-state index in [2.05, 4.69) is 0 Å². The number of hydrogen-bond acceptors (Lipinski definition) is 1. The van der Waals surface area contributed by atoms with Crippen molar-refractivity contribution in [2.24, 2.45) is 0 Å². The van der Waals surface area contributed by atoms with Crippen molar-refractivity contribution < 1.29 is 30.7 Å². The Morgan fingerprint density at radius 1 is 0.900 bits per heavy atom. The highest BCUT2D eigenvalue weighted by Crippen LogP contribution is 2.52. The minimum atomic E-state index is -5.51. The second-order valence-electron chi connectivity index (χ2n) is 4.28. The molecule has 0 fully saturated rings. The molecule has 1 aromatic rings. The van der Waals surface area contributed by atoms with Crippen LogP contribution in [0.5, 0.6) is 0 Å². The van der Waals surface area contributed by atoms with Crippen LogP contribution in [0.1, 0.15) is 0 Å². The molecule has 1 aliphatic carbocycles. The lowest BCUT2D eigenvalue weighted by Gasteiger charge is -2.37. The van der Waals surface area contributed by atoms with E-state index in [9.17, 15) is 30.7 Å². The molecule has 8 heteroatoms. The minimum absolute atomic E-state index is 0.0951. The first-order valence-electron chi connectivity index (χ1n) is 5.42. The second-order valence-corrected chi connectivity index (χ2v) is 4.28. The Morgan fingerprint density at radius 3 is 2.00 bits per heavy atom. The quantitative estimate of drug-likeness (QED) is 0.805. The molecule has 1 aliphatic rings. The van der Waals surface area contributed by atoms with E-state index in [1.165, 1.54) is 30.3 Å². The van der Waals surface area contributed by atoms with Crippen molar-refractivity contribution in [3.8, 4) is 0 Å². The molecule has 0 saturated heterocycles. The van der Waals surface area contributed by atoms with Crippen molar-refractivity contribution in [1.29, 1.82) is 0 Å². The van der Waals surface area contributed by atoms with Gasteiger partial charge in [0, 0.05) is 11.8 Å². The van der Waals surface area contributed by atoms with Crippen LogP contribution in [0.15, 0.2) is 42.1 Å². The number of nitrogens with one attached hydrogen (secondary N) is 1. The van der Waals surface area contributed by atoms with Crippen molar-refractivity contribution >= 4 is 5.69 Å². The molecule has 1 aromatic carbocycles. The summed E-state index contributed by atoms with van der Waals surface area (Å²) in [6, 6.07) is 6.72. The van der Waals surface area contributed by atoms with Crippen LogP contribution in [-0.4, -0.2) is 23.9 Å². The zero-order chi connectivity index (χ0) is 15.2. The van der Waals surface area contributed by atoms with Gasteiger partial charge in [0.05, 0.1) is 5.70 Å². The molecule has 0 saturated carbocycles. The summed E-state index contributed by atoms with van der Waals surface area (Å²) >= 11 is 0. The lowest BCUT2D eigenvalue weighted by molar-refractivity contribution is -0.263. The summed E-state index contributed by atoms with van der Waals surface area (Å²) in [6.07, 6.45) is -4.78. The predicted octanol–water partition coefficient (Wildman–Crippen LogP) is 4.24. The lowest BCUT2D eigenvalue weighted by Crippen LogP contribution is -2.59. The maximum absolute atomic E-state index is 13.5. The van der Waals surface area contributed by atoms with Gasteiger partial charge in [-0.1, -0.05) is 18.2 Å². The van der Waals surface area contributed by atoms with Crippen LogP contribution in [0.25, 0.3) is 0 Å². The van der Waals surface area contributed by atoms with E-state index in [0.29, 0.717) is 0 Å². The molecule has 20 heavy (non-hydrogen) atoms. The fraction of sp³-hybridized carbons (Fsp3) is 0.333. The van der Waals surface area contributed by atoms with Crippen LogP contribution in [0, 0.1) is 0 Å². The average Bonchev–Trinajstić information content (AvgIpc) is 2.36. The SMILES string of the molecule is FC1C(F)(F)C=C(Nc2ccccc2)C(F)(F)C1(F)F. The molecule has 0 bridgehead atoms. The molecule has 2 rings (SSSR count). The summed E-state index contributed by atoms with van der Waals surface area (Å²) in [5.41, 5.74) is -1.82. The Labute approximate surface area is 109 Å². The van der Waals surface area contributed by atoms with E-state index in [4.69, 9.17) is 0 Å². The standard InChI is InChI=1S/C12H8F7N/c13-9-10(14,15)6-8(11(16,17)12(9,18)19)20-7-4-2-1-3-5-7/h1-6,9,20H. The Hall–Kier alpha value is -1.73. The van der Waals surface area contributed by atoms with E-state index in [-0.39, 0.29) is 5.69 Å². The Kier molecular flexibility index (Phi) is 3.22. The number of allylic oxidation sites excluding steroid dienone is 2. The fourth-order valence-corrected chi connectivity index (χ4v) is 1.73. The van der Waals surface area contributed by atoms with Crippen LogP contribution in [0.3, 0.4) is 0 Å². The average molecular weight is 299 g/mol. The molecule has 1 unspecified atom stereocenters. The molecular formula is C12H8F7N. The van der Waals surface area contributed by atoms with Gasteiger partial charge in [0.15, 0.2) is 0 Å². The van der Waals surface area contributed by atoms with Gasteiger partial charge in [-0.2, -0.15) is 26.3 Å². The Morgan fingerprint density at radius 2 is 1.45 bits per heavy atom. The van der Waals surface area contributed by atoms with E-state index in [0.717, 1.165) is 0 Å². The van der Waals surface area contributed by atoms with Gasteiger partial charge >= 0.3 is 17.8 Å². The maximum Gasteiger partial charge on any atom is 0.352 e. The lowest BCUT2D eigenvalue weighted by atomic mass is 9.91. The van der Waals surface area contributed by atoms with Gasteiger partial charge in [-0.05, 0) is 12.1 Å². The fourth-order valence-electron chi connectivity index (χ4n) is 1.73. The number of hydrogen-bond donors (Lipinski definition) is 1. The van der Waals surface area contributed by atoms with Gasteiger partial charge < -0.3 is 5.32 Å². The molecule has 110 valence electrons. The largest absolute Gasteiger partial charge is 0.354 e. The summed E-state index contributed by atoms with van der Waals surface area (Å²) in [4.78, 5) is 0. The van der Waals surface area contributed by atoms with E-state index >= 15 is 0 Å². The number of benzene rings is 1. The summed E-state index contributed by atoms with van der Waals surface area (Å²) in [7, 11) is 0. The third-order valence-corrected chi connectivity index (χ3v) is 2.80. The first kappa shape index (κ1) is 14.7. The first-order valence-corrected chi connectivity index (χ1v) is 5.42. The third-order valence-electron chi connectivity index (χ3n) is 2.80. The summed E-state index contributed by atoms with van der Waals surface area (Å²) < 4.78 is 92.3. The van der Waals surface area contributed by atoms with Gasteiger partial charge in [0.25, 0.3) is 0 Å². The Bertz CT molecular complexity index is 524. The zero-order valence-corrected chi connectivity index (χ0v) is 9.69. The Balaban J connectivity index is 2.45. The maximum atomic E-state index is 13.5. The van der Waals surface area contributed by atoms with Gasteiger partial charge in [-0.3, -0.25) is 0 Å². The molecule has 0 aromatic heterocycles. The number of anilines is 1. The summed E-state index contributed by atoms with van der Waals surface area (Å²) in [5, 5.41) is 1.79. The zero-order valence-electron chi connectivity index (χ0n) is 9.69. The van der Waals surface area contributed by atoms with Crippen molar-refractivity contribution in [1.82, 2.24) is 0 Å². The number of para-hydroxylation sites is 1. The highest BCUT2D eigenvalue weighted by Gasteiger charge is 2.73.